The van der Waals surface area contributed by atoms with Crippen molar-refractivity contribution < 1.29 is 13.2 Å². The number of nitrogens with one attached hydrogen (secondary N) is 1. The third-order valence-corrected chi connectivity index (χ3v) is 4.89. The summed E-state index contributed by atoms with van der Waals surface area (Å²) in [5, 5.41) is 3.11. The molecule has 1 aromatic carbocycles. The van der Waals surface area contributed by atoms with Crippen molar-refractivity contribution >= 4 is 39.1 Å². The van der Waals surface area contributed by atoms with Gasteiger partial charge < -0.3 is 5.32 Å². The number of alkyl halides is 3. The molecule has 7 heteroatoms. The highest BCUT2D eigenvalue weighted by Gasteiger charge is 2.57. The van der Waals surface area contributed by atoms with Crippen LogP contribution in [0.1, 0.15) is 12.0 Å². The zero-order valence-electron chi connectivity index (χ0n) is 9.04. The number of benzene rings is 1. The van der Waals surface area contributed by atoms with Gasteiger partial charge in [0, 0.05) is 11.0 Å². The Morgan fingerprint density at radius 1 is 1.28 bits per heavy atom. The summed E-state index contributed by atoms with van der Waals surface area (Å²) >= 11 is 14.8. The van der Waals surface area contributed by atoms with Crippen LogP contribution in [0.2, 0.25) is 10.0 Å². The molecule has 100 valence electrons. The smallest absolute Gasteiger partial charge is 0.315 e. The van der Waals surface area contributed by atoms with Crippen molar-refractivity contribution in [1.29, 1.82) is 0 Å². The van der Waals surface area contributed by atoms with Crippen LogP contribution in [-0.4, -0.2) is 19.3 Å². The largest absolute Gasteiger partial charge is 0.399 e. The number of rotatable bonds is 1. The first-order valence-corrected chi connectivity index (χ1v) is 6.75. The van der Waals surface area contributed by atoms with Gasteiger partial charge in [0.15, 0.2) is 0 Å². The molecule has 0 amide bonds. The van der Waals surface area contributed by atoms with E-state index in [1.807, 2.05) is 0 Å². The van der Waals surface area contributed by atoms with E-state index < -0.39 is 11.6 Å². The first kappa shape index (κ1) is 14.4. The molecule has 1 atom stereocenters. The lowest BCUT2D eigenvalue weighted by atomic mass is 9.79. The summed E-state index contributed by atoms with van der Waals surface area (Å²) < 4.78 is 40.4. The maximum atomic E-state index is 13.3. The van der Waals surface area contributed by atoms with E-state index in [0.717, 1.165) is 0 Å². The fourth-order valence-electron chi connectivity index (χ4n) is 2.18. The molecular formula is C11H9BrCl2F3N. The normalized spacial score (nSPS) is 24.6. The number of hydrogen-bond acceptors (Lipinski definition) is 1. The summed E-state index contributed by atoms with van der Waals surface area (Å²) in [6.07, 6.45) is -4.33. The van der Waals surface area contributed by atoms with Gasteiger partial charge in [-0.1, -0.05) is 23.2 Å². The molecule has 0 aromatic heterocycles. The van der Waals surface area contributed by atoms with Crippen LogP contribution in [0.4, 0.5) is 13.2 Å². The Hall–Kier alpha value is 0.0300. The van der Waals surface area contributed by atoms with Crippen molar-refractivity contribution in [1.82, 2.24) is 5.32 Å². The van der Waals surface area contributed by atoms with E-state index in [0.29, 0.717) is 11.0 Å². The maximum absolute atomic E-state index is 13.3. The molecule has 0 aliphatic carbocycles. The Labute approximate surface area is 121 Å². The molecule has 0 spiro atoms. The van der Waals surface area contributed by atoms with Gasteiger partial charge in [0.2, 0.25) is 0 Å². The second-order valence-electron chi connectivity index (χ2n) is 4.26. The van der Waals surface area contributed by atoms with Crippen LogP contribution >= 0.6 is 39.1 Å². The lowest BCUT2D eigenvalue weighted by Gasteiger charge is -2.31. The molecule has 1 aromatic rings. The molecular weight excluding hydrogens is 354 g/mol. The Bertz CT molecular complexity index is 447. The number of halogens is 6. The highest BCUT2D eigenvalue weighted by molar-refractivity contribution is 9.10. The van der Waals surface area contributed by atoms with Crippen LogP contribution < -0.4 is 5.32 Å². The van der Waals surface area contributed by atoms with Gasteiger partial charge in [0.25, 0.3) is 0 Å². The summed E-state index contributed by atoms with van der Waals surface area (Å²) in [7, 11) is 0. The van der Waals surface area contributed by atoms with Gasteiger partial charge >= 0.3 is 6.18 Å². The van der Waals surface area contributed by atoms with Crippen LogP contribution in [-0.2, 0) is 5.41 Å². The molecule has 1 aliphatic heterocycles. The third kappa shape index (κ3) is 2.26. The quantitative estimate of drug-likeness (QED) is 0.722. The molecule has 1 heterocycles. The Kier molecular flexibility index (Phi) is 3.89. The van der Waals surface area contributed by atoms with Gasteiger partial charge in [-0.15, -0.1) is 0 Å². The summed E-state index contributed by atoms with van der Waals surface area (Å²) in [6, 6.07) is 2.70. The molecule has 0 unspecified atom stereocenters. The molecule has 1 nitrogen and oxygen atoms in total. The summed E-state index contributed by atoms with van der Waals surface area (Å²) in [5.74, 6) is 0. The average Bonchev–Trinajstić information content (AvgIpc) is 2.74. The predicted molar refractivity (Wildman–Crippen MR) is 69.4 cm³/mol. The van der Waals surface area contributed by atoms with E-state index in [2.05, 4.69) is 21.2 Å². The summed E-state index contributed by atoms with van der Waals surface area (Å²) in [4.78, 5) is 0. The predicted octanol–water partition coefficient (Wildman–Crippen LogP) is 4.55. The topological polar surface area (TPSA) is 12.0 Å². The van der Waals surface area contributed by atoms with Gasteiger partial charge in [-0.25, -0.2) is 0 Å². The molecule has 1 fully saturated rings. The van der Waals surface area contributed by atoms with Crippen molar-refractivity contribution in [2.45, 2.75) is 18.0 Å². The molecule has 0 bridgehead atoms. The Balaban J connectivity index is 2.57. The summed E-state index contributed by atoms with van der Waals surface area (Å²) in [6.45, 7) is 0.193. The first-order chi connectivity index (χ1) is 8.28. The highest BCUT2D eigenvalue weighted by Crippen LogP contribution is 2.47. The third-order valence-electron chi connectivity index (χ3n) is 3.23. The van der Waals surface area contributed by atoms with E-state index in [1.165, 1.54) is 12.1 Å². The average molecular weight is 363 g/mol. The molecule has 18 heavy (non-hydrogen) atoms. The van der Waals surface area contributed by atoms with Crippen molar-refractivity contribution in [2.24, 2.45) is 0 Å². The fourth-order valence-corrected chi connectivity index (χ4v) is 3.08. The van der Waals surface area contributed by atoms with Crippen LogP contribution in [0.3, 0.4) is 0 Å². The van der Waals surface area contributed by atoms with Crippen molar-refractivity contribution in [3.63, 3.8) is 0 Å². The van der Waals surface area contributed by atoms with Crippen LogP contribution in [0.5, 0.6) is 0 Å². The first-order valence-electron chi connectivity index (χ1n) is 5.20. The SMILES string of the molecule is FC(F)(F)[C@]1(c2cc(Cl)c(Cl)c(Br)c2)CCNC1. The van der Waals surface area contributed by atoms with Gasteiger partial charge in [0.1, 0.15) is 5.41 Å². The molecule has 0 radical (unpaired) electrons. The summed E-state index contributed by atoms with van der Waals surface area (Å²) in [5.41, 5.74) is -1.75. The van der Waals surface area contributed by atoms with Crippen molar-refractivity contribution in [3.05, 3.63) is 32.2 Å². The minimum atomic E-state index is -4.33. The minimum Gasteiger partial charge on any atom is -0.315 e. The number of hydrogen-bond donors (Lipinski definition) is 1. The molecule has 2 rings (SSSR count). The zero-order valence-corrected chi connectivity index (χ0v) is 12.1. The molecule has 1 aliphatic rings. The van der Waals surface area contributed by atoms with E-state index >= 15 is 0 Å². The van der Waals surface area contributed by atoms with E-state index in [1.54, 1.807) is 0 Å². The monoisotopic (exact) mass is 361 g/mol. The standard InChI is InChI=1S/C11H9BrCl2F3N/c12-7-3-6(4-8(13)9(7)14)10(11(15,16)17)1-2-18-5-10/h3-4,18H,1-2,5H2/t10-/m1/s1. The Morgan fingerprint density at radius 2 is 1.94 bits per heavy atom. The fraction of sp³-hybridized carbons (Fsp3) is 0.455. The van der Waals surface area contributed by atoms with Crippen molar-refractivity contribution in [3.8, 4) is 0 Å². The zero-order chi connectivity index (χ0) is 13.6. The highest BCUT2D eigenvalue weighted by atomic mass is 79.9. The maximum Gasteiger partial charge on any atom is 0.399 e. The minimum absolute atomic E-state index is 0.000894. The molecule has 1 saturated heterocycles. The molecule has 0 saturated carbocycles. The van der Waals surface area contributed by atoms with Crippen molar-refractivity contribution in [2.75, 3.05) is 13.1 Å². The van der Waals surface area contributed by atoms with Gasteiger partial charge in [0.05, 0.1) is 10.0 Å². The van der Waals surface area contributed by atoms with E-state index in [4.69, 9.17) is 23.2 Å². The van der Waals surface area contributed by atoms with Gasteiger partial charge in [-0.05, 0) is 46.6 Å². The molecule has 1 N–H and O–H groups in total. The van der Waals surface area contributed by atoms with Crippen LogP contribution in [0.25, 0.3) is 0 Å². The second kappa shape index (κ2) is 4.85. The van der Waals surface area contributed by atoms with Gasteiger partial charge in [-0.3, -0.25) is 0 Å². The van der Waals surface area contributed by atoms with Gasteiger partial charge in [-0.2, -0.15) is 13.2 Å². The van der Waals surface area contributed by atoms with E-state index in [9.17, 15) is 13.2 Å². The lowest BCUT2D eigenvalue weighted by Crippen LogP contribution is -2.44. The van der Waals surface area contributed by atoms with Crippen LogP contribution in [0, 0.1) is 0 Å². The van der Waals surface area contributed by atoms with Crippen LogP contribution in [0.15, 0.2) is 16.6 Å². The second-order valence-corrected chi connectivity index (χ2v) is 5.90. The Morgan fingerprint density at radius 3 is 2.39 bits per heavy atom. The van der Waals surface area contributed by atoms with E-state index in [-0.39, 0.29) is 28.6 Å². The lowest BCUT2D eigenvalue weighted by molar-refractivity contribution is -0.185.